The fourth-order valence-electron chi connectivity index (χ4n) is 1.22. The predicted octanol–water partition coefficient (Wildman–Crippen LogP) is 3.16. The fraction of sp³-hybridized carbons (Fsp3) is 0.400. The summed E-state index contributed by atoms with van der Waals surface area (Å²) in [6.07, 6.45) is 0.792. The molecule has 0 bridgehead atoms. The van der Waals surface area contributed by atoms with Crippen LogP contribution in [0.15, 0.2) is 12.1 Å². The molecule has 0 aliphatic heterocycles. The monoisotopic (exact) mass is 331 g/mol. The number of aliphatic hydroxyl groups excluding tert-OH is 1. The molecule has 0 spiro atoms. The van der Waals surface area contributed by atoms with Crippen LogP contribution in [0, 0.1) is 0 Å². The Morgan fingerprint density at radius 3 is 2.28 bits per heavy atom. The van der Waals surface area contributed by atoms with Crippen molar-refractivity contribution in [1.82, 2.24) is 0 Å². The van der Waals surface area contributed by atoms with E-state index >= 15 is 0 Å². The maximum atomic E-state index is 11.7. The van der Waals surface area contributed by atoms with Gasteiger partial charge in [0, 0.05) is 6.61 Å². The van der Waals surface area contributed by atoms with Crippen molar-refractivity contribution in [3.8, 4) is 0 Å². The zero-order valence-corrected chi connectivity index (χ0v) is 12.4. The minimum atomic E-state index is -3.51. The van der Waals surface area contributed by atoms with Crippen LogP contribution in [-0.2, 0) is 10.0 Å². The SMILES string of the molecule is O=S(=O)(CCCCO)Nc1cc(Cl)c(Cl)cc1Cl. The lowest BCUT2D eigenvalue weighted by molar-refractivity contribution is 0.287. The third kappa shape index (κ3) is 4.82. The van der Waals surface area contributed by atoms with Crippen LogP contribution in [0.25, 0.3) is 0 Å². The molecule has 4 nitrogen and oxygen atoms in total. The highest BCUT2D eigenvalue weighted by atomic mass is 35.5. The van der Waals surface area contributed by atoms with Crippen molar-refractivity contribution in [3.05, 3.63) is 27.2 Å². The second-order valence-corrected chi connectivity index (χ2v) is 6.66. The zero-order chi connectivity index (χ0) is 13.8. The van der Waals surface area contributed by atoms with E-state index in [0.29, 0.717) is 12.8 Å². The molecular formula is C10H12Cl3NO3S. The summed E-state index contributed by atoms with van der Waals surface area (Å²) in [6, 6.07) is 2.73. The highest BCUT2D eigenvalue weighted by Crippen LogP contribution is 2.32. The van der Waals surface area contributed by atoms with Gasteiger partial charge in [0.2, 0.25) is 10.0 Å². The molecule has 102 valence electrons. The van der Waals surface area contributed by atoms with E-state index in [-0.39, 0.29) is 33.1 Å². The number of sulfonamides is 1. The minimum absolute atomic E-state index is 0.0386. The Morgan fingerprint density at radius 1 is 1.06 bits per heavy atom. The summed E-state index contributed by atoms with van der Waals surface area (Å²) in [5.74, 6) is -0.0931. The van der Waals surface area contributed by atoms with E-state index in [4.69, 9.17) is 39.9 Å². The topological polar surface area (TPSA) is 66.4 Å². The van der Waals surface area contributed by atoms with E-state index in [1.54, 1.807) is 0 Å². The first-order chi connectivity index (χ1) is 8.35. The molecule has 0 unspecified atom stereocenters. The van der Waals surface area contributed by atoms with Gasteiger partial charge >= 0.3 is 0 Å². The number of hydrogen-bond donors (Lipinski definition) is 2. The maximum absolute atomic E-state index is 11.7. The normalized spacial score (nSPS) is 11.6. The van der Waals surface area contributed by atoms with E-state index < -0.39 is 10.0 Å². The Balaban J connectivity index is 2.81. The number of anilines is 1. The molecule has 8 heteroatoms. The van der Waals surface area contributed by atoms with Crippen LogP contribution in [0.1, 0.15) is 12.8 Å². The van der Waals surface area contributed by atoms with Gasteiger partial charge in [-0.1, -0.05) is 34.8 Å². The molecule has 1 aromatic carbocycles. The Labute approximate surface area is 121 Å². The lowest BCUT2D eigenvalue weighted by Crippen LogP contribution is -2.17. The Morgan fingerprint density at radius 2 is 1.67 bits per heavy atom. The van der Waals surface area contributed by atoms with Crippen molar-refractivity contribution < 1.29 is 13.5 Å². The number of benzene rings is 1. The molecular weight excluding hydrogens is 321 g/mol. The van der Waals surface area contributed by atoms with Crippen molar-refractivity contribution in [2.45, 2.75) is 12.8 Å². The number of rotatable bonds is 6. The molecule has 0 radical (unpaired) electrons. The maximum Gasteiger partial charge on any atom is 0.232 e. The van der Waals surface area contributed by atoms with Gasteiger partial charge in [-0.3, -0.25) is 4.72 Å². The molecule has 0 saturated heterocycles. The van der Waals surface area contributed by atoms with Crippen molar-refractivity contribution in [2.24, 2.45) is 0 Å². The summed E-state index contributed by atoms with van der Waals surface area (Å²) >= 11 is 17.4. The van der Waals surface area contributed by atoms with Crippen molar-refractivity contribution in [3.63, 3.8) is 0 Å². The van der Waals surface area contributed by atoms with Crippen LogP contribution in [0.4, 0.5) is 5.69 Å². The summed E-state index contributed by atoms with van der Waals surface area (Å²) in [7, 11) is -3.51. The van der Waals surface area contributed by atoms with Gasteiger partial charge in [0.25, 0.3) is 0 Å². The molecule has 0 atom stereocenters. The largest absolute Gasteiger partial charge is 0.396 e. The first kappa shape index (κ1) is 15.9. The standard InChI is InChI=1S/C10H12Cl3NO3S/c11-7-5-9(13)10(6-8(7)12)14-18(16,17)4-2-1-3-15/h5-6,14-15H,1-4H2. The Hall–Kier alpha value is -0.200. The Kier molecular flexibility index (Phi) is 6.01. The number of halogens is 3. The van der Waals surface area contributed by atoms with Gasteiger partial charge in [-0.15, -0.1) is 0 Å². The van der Waals surface area contributed by atoms with Gasteiger partial charge in [-0.05, 0) is 25.0 Å². The van der Waals surface area contributed by atoms with E-state index in [1.165, 1.54) is 12.1 Å². The Bertz CT molecular complexity index is 519. The van der Waals surface area contributed by atoms with Crippen molar-refractivity contribution >= 4 is 50.5 Å². The minimum Gasteiger partial charge on any atom is -0.396 e. The quantitative estimate of drug-likeness (QED) is 0.621. The summed E-state index contributed by atoms with van der Waals surface area (Å²) in [5.41, 5.74) is 0.190. The first-order valence-electron chi connectivity index (χ1n) is 5.11. The van der Waals surface area contributed by atoms with Gasteiger partial charge in [-0.25, -0.2) is 8.42 Å². The van der Waals surface area contributed by atoms with Gasteiger partial charge in [0.1, 0.15) is 0 Å². The molecule has 0 heterocycles. The lowest BCUT2D eigenvalue weighted by Gasteiger charge is -2.10. The second-order valence-electron chi connectivity index (χ2n) is 3.60. The lowest BCUT2D eigenvalue weighted by atomic mass is 10.3. The number of unbranched alkanes of at least 4 members (excludes halogenated alkanes) is 1. The molecule has 0 aliphatic carbocycles. The average molecular weight is 333 g/mol. The smallest absolute Gasteiger partial charge is 0.232 e. The van der Waals surface area contributed by atoms with Crippen LogP contribution in [0.2, 0.25) is 15.1 Å². The highest BCUT2D eigenvalue weighted by Gasteiger charge is 2.13. The third-order valence-electron chi connectivity index (χ3n) is 2.10. The van der Waals surface area contributed by atoms with Gasteiger partial charge in [-0.2, -0.15) is 0 Å². The molecule has 1 rings (SSSR count). The highest BCUT2D eigenvalue weighted by molar-refractivity contribution is 7.92. The van der Waals surface area contributed by atoms with Crippen LogP contribution < -0.4 is 4.72 Å². The molecule has 0 aliphatic rings. The van der Waals surface area contributed by atoms with Crippen LogP contribution in [0.3, 0.4) is 0 Å². The number of nitrogens with one attached hydrogen (secondary N) is 1. The van der Waals surface area contributed by atoms with Crippen LogP contribution in [0.5, 0.6) is 0 Å². The fourth-order valence-corrected chi connectivity index (χ4v) is 3.06. The van der Waals surface area contributed by atoms with Gasteiger partial charge in [0.15, 0.2) is 0 Å². The van der Waals surface area contributed by atoms with Crippen LogP contribution in [-0.4, -0.2) is 25.9 Å². The zero-order valence-electron chi connectivity index (χ0n) is 9.29. The van der Waals surface area contributed by atoms with Crippen LogP contribution >= 0.6 is 34.8 Å². The van der Waals surface area contributed by atoms with E-state index in [9.17, 15) is 8.42 Å². The van der Waals surface area contributed by atoms with Gasteiger partial charge < -0.3 is 5.11 Å². The van der Waals surface area contributed by atoms with E-state index in [0.717, 1.165) is 0 Å². The van der Waals surface area contributed by atoms with Crippen molar-refractivity contribution in [2.75, 3.05) is 17.1 Å². The summed E-state index contributed by atoms with van der Waals surface area (Å²) in [5, 5.41) is 9.24. The summed E-state index contributed by atoms with van der Waals surface area (Å²) < 4.78 is 25.7. The van der Waals surface area contributed by atoms with E-state index in [2.05, 4.69) is 4.72 Å². The molecule has 0 fully saturated rings. The number of hydrogen-bond acceptors (Lipinski definition) is 3. The first-order valence-corrected chi connectivity index (χ1v) is 7.90. The molecule has 0 saturated carbocycles. The molecule has 18 heavy (non-hydrogen) atoms. The molecule has 2 N–H and O–H groups in total. The third-order valence-corrected chi connectivity index (χ3v) is 4.49. The predicted molar refractivity (Wildman–Crippen MR) is 75.2 cm³/mol. The van der Waals surface area contributed by atoms with Gasteiger partial charge in [0.05, 0.1) is 26.5 Å². The summed E-state index contributed by atoms with van der Waals surface area (Å²) in [6.45, 7) is -0.0386. The average Bonchev–Trinajstić information content (AvgIpc) is 2.26. The molecule has 0 aromatic heterocycles. The summed E-state index contributed by atoms with van der Waals surface area (Å²) in [4.78, 5) is 0. The van der Waals surface area contributed by atoms with E-state index in [1.807, 2.05) is 0 Å². The molecule has 1 aromatic rings. The molecule has 0 amide bonds. The van der Waals surface area contributed by atoms with Crippen molar-refractivity contribution in [1.29, 1.82) is 0 Å². The second kappa shape index (κ2) is 6.82. The number of aliphatic hydroxyl groups is 1.